The Bertz CT molecular complexity index is 1220. The number of hydrogen-bond acceptors (Lipinski definition) is 3. The minimum absolute atomic E-state index is 0.0246. The first-order chi connectivity index (χ1) is 14.0. The van der Waals surface area contributed by atoms with E-state index in [0.717, 1.165) is 27.3 Å². The molecule has 4 rings (SSSR count). The van der Waals surface area contributed by atoms with Crippen LogP contribution in [0.4, 0.5) is 0 Å². The Morgan fingerprint density at radius 1 is 0.966 bits per heavy atom. The zero-order chi connectivity index (χ0) is 20.4. The molecular formula is C24H22NO3Si. The molecular weight excluding hydrogens is 378 g/mol. The molecule has 0 aliphatic heterocycles. The van der Waals surface area contributed by atoms with Gasteiger partial charge in [-0.25, -0.2) is 0 Å². The van der Waals surface area contributed by atoms with Gasteiger partial charge < -0.3 is 14.1 Å². The molecule has 0 amide bonds. The number of nitrogens with zero attached hydrogens (tertiary/aromatic N) is 1. The lowest BCUT2D eigenvalue weighted by Crippen LogP contribution is -2.26. The van der Waals surface area contributed by atoms with Gasteiger partial charge in [0.1, 0.15) is 12.4 Å². The summed E-state index contributed by atoms with van der Waals surface area (Å²) in [6, 6.07) is 23.5. The van der Waals surface area contributed by atoms with Gasteiger partial charge in [-0.3, -0.25) is 4.79 Å². The lowest BCUT2D eigenvalue weighted by Gasteiger charge is -2.14. The average molecular weight is 401 g/mol. The van der Waals surface area contributed by atoms with Crippen molar-refractivity contribution >= 4 is 25.0 Å². The highest BCUT2D eigenvalue weighted by molar-refractivity contribution is 6.65. The molecule has 29 heavy (non-hydrogen) atoms. The fraction of sp³-hybridized carbons (Fsp3) is 0.125. The Morgan fingerprint density at radius 3 is 2.38 bits per heavy atom. The third-order valence-electron chi connectivity index (χ3n) is 4.97. The van der Waals surface area contributed by atoms with Crippen molar-refractivity contribution in [1.82, 2.24) is 4.57 Å². The average Bonchev–Trinajstić information content (AvgIpc) is 2.75. The van der Waals surface area contributed by atoms with Crippen molar-refractivity contribution in [2.24, 2.45) is 7.05 Å². The van der Waals surface area contributed by atoms with E-state index in [4.69, 9.17) is 4.74 Å². The fourth-order valence-electron chi connectivity index (χ4n) is 3.43. The largest absolute Gasteiger partial charge is 0.489 e. The Hall–Kier alpha value is -3.15. The summed E-state index contributed by atoms with van der Waals surface area (Å²) in [5, 5.41) is 2.44. The van der Waals surface area contributed by atoms with E-state index in [1.807, 2.05) is 85.5 Å². The summed E-state index contributed by atoms with van der Waals surface area (Å²) in [5.41, 5.74) is 2.93. The Morgan fingerprint density at radius 2 is 1.66 bits per heavy atom. The minimum Gasteiger partial charge on any atom is -0.489 e. The molecule has 0 aliphatic rings. The minimum atomic E-state index is -1.66. The maximum atomic E-state index is 12.5. The van der Waals surface area contributed by atoms with Crippen LogP contribution in [0.2, 0.25) is 6.55 Å². The van der Waals surface area contributed by atoms with Crippen LogP contribution < -0.4 is 15.5 Å². The first kappa shape index (κ1) is 19.2. The SMILES string of the molecule is Cn1cc(-c2cc(OCc3ccccc3)cc([Si](C)O)c2)c2ccccc2c1=O. The molecule has 0 fully saturated rings. The van der Waals surface area contributed by atoms with Crippen molar-refractivity contribution in [2.75, 3.05) is 0 Å². The summed E-state index contributed by atoms with van der Waals surface area (Å²) in [5.74, 6) is 0.706. The Kier molecular flexibility index (Phi) is 5.34. The van der Waals surface area contributed by atoms with Gasteiger partial charge in [0.15, 0.2) is 0 Å². The van der Waals surface area contributed by atoms with Crippen LogP contribution in [0.1, 0.15) is 5.56 Å². The van der Waals surface area contributed by atoms with Crippen molar-refractivity contribution in [1.29, 1.82) is 0 Å². The number of benzene rings is 3. The highest BCUT2D eigenvalue weighted by Gasteiger charge is 2.14. The molecule has 0 saturated carbocycles. The summed E-state index contributed by atoms with van der Waals surface area (Å²) in [7, 11) is 0.0954. The highest BCUT2D eigenvalue weighted by Crippen LogP contribution is 2.29. The number of hydrogen-bond donors (Lipinski definition) is 1. The molecule has 1 N–H and O–H groups in total. The summed E-state index contributed by atoms with van der Waals surface area (Å²) in [4.78, 5) is 22.8. The lowest BCUT2D eigenvalue weighted by atomic mass is 10.0. The van der Waals surface area contributed by atoms with E-state index in [1.54, 1.807) is 11.6 Å². The first-order valence-electron chi connectivity index (χ1n) is 9.46. The normalized spacial score (nSPS) is 11.2. The predicted octanol–water partition coefficient (Wildman–Crippen LogP) is 3.61. The molecule has 1 aromatic heterocycles. The van der Waals surface area contributed by atoms with Gasteiger partial charge in [0.25, 0.3) is 5.56 Å². The quantitative estimate of drug-likeness (QED) is 0.521. The van der Waals surface area contributed by atoms with E-state index in [9.17, 15) is 9.59 Å². The fourth-order valence-corrected chi connectivity index (χ4v) is 4.15. The second-order valence-corrected chi connectivity index (χ2v) is 8.86. The topological polar surface area (TPSA) is 51.5 Å². The van der Waals surface area contributed by atoms with Gasteiger partial charge in [-0.2, -0.15) is 0 Å². The molecule has 5 heteroatoms. The molecule has 0 saturated heterocycles. The van der Waals surface area contributed by atoms with Crippen molar-refractivity contribution in [2.45, 2.75) is 13.2 Å². The van der Waals surface area contributed by atoms with Gasteiger partial charge in [-0.15, -0.1) is 0 Å². The molecule has 1 radical (unpaired) electrons. The van der Waals surface area contributed by atoms with Crippen LogP contribution in [0.5, 0.6) is 5.75 Å². The summed E-state index contributed by atoms with van der Waals surface area (Å²) in [6.45, 7) is 2.29. The molecule has 0 bridgehead atoms. The van der Waals surface area contributed by atoms with Gasteiger partial charge in [-0.05, 0) is 46.4 Å². The van der Waals surface area contributed by atoms with Crippen molar-refractivity contribution in [3.63, 3.8) is 0 Å². The number of pyridine rings is 1. The van der Waals surface area contributed by atoms with Crippen LogP contribution in [0.3, 0.4) is 0 Å². The van der Waals surface area contributed by atoms with Crippen LogP contribution in [0, 0.1) is 0 Å². The Labute approximate surface area is 171 Å². The lowest BCUT2D eigenvalue weighted by molar-refractivity contribution is 0.306. The van der Waals surface area contributed by atoms with E-state index in [1.165, 1.54) is 0 Å². The van der Waals surface area contributed by atoms with Crippen LogP contribution >= 0.6 is 0 Å². The number of fused-ring (bicyclic) bond motifs is 1. The molecule has 145 valence electrons. The number of aryl methyl sites for hydroxylation is 1. The summed E-state index contributed by atoms with van der Waals surface area (Å²) >= 11 is 0. The third kappa shape index (κ3) is 4.01. The smallest absolute Gasteiger partial charge is 0.258 e. The zero-order valence-electron chi connectivity index (χ0n) is 16.4. The van der Waals surface area contributed by atoms with Crippen LogP contribution in [-0.2, 0) is 13.7 Å². The van der Waals surface area contributed by atoms with Crippen LogP contribution in [-0.4, -0.2) is 18.4 Å². The van der Waals surface area contributed by atoms with E-state index >= 15 is 0 Å². The van der Waals surface area contributed by atoms with E-state index in [2.05, 4.69) is 0 Å². The van der Waals surface area contributed by atoms with Gasteiger partial charge >= 0.3 is 0 Å². The van der Waals surface area contributed by atoms with E-state index < -0.39 is 9.04 Å². The van der Waals surface area contributed by atoms with E-state index in [-0.39, 0.29) is 5.56 Å². The van der Waals surface area contributed by atoms with Crippen molar-refractivity contribution < 1.29 is 9.53 Å². The summed E-state index contributed by atoms with van der Waals surface area (Å²) < 4.78 is 7.65. The van der Waals surface area contributed by atoms with Crippen LogP contribution in [0.15, 0.2) is 83.8 Å². The predicted molar refractivity (Wildman–Crippen MR) is 119 cm³/mol. The van der Waals surface area contributed by atoms with Gasteiger partial charge in [0, 0.05) is 24.2 Å². The molecule has 0 atom stereocenters. The summed E-state index contributed by atoms with van der Waals surface area (Å²) in [6.07, 6.45) is 1.85. The second kappa shape index (κ2) is 8.07. The van der Waals surface area contributed by atoms with Gasteiger partial charge in [0.2, 0.25) is 9.04 Å². The molecule has 4 aromatic rings. The van der Waals surface area contributed by atoms with Gasteiger partial charge in [-0.1, -0.05) is 54.6 Å². The highest BCUT2D eigenvalue weighted by atomic mass is 28.3. The molecule has 3 aromatic carbocycles. The molecule has 4 nitrogen and oxygen atoms in total. The monoisotopic (exact) mass is 400 g/mol. The standard InChI is InChI=1S/C24H22NO3Si/c1-25-15-23(21-10-6-7-11-22(21)24(25)26)18-12-19(14-20(13-18)29(2)27)28-16-17-8-4-3-5-9-17/h3-15,27H,16H2,1-2H3. The Balaban J connectivity index is 1.82. The zero-order valence-corrected chi connectivity index (χ0v) is 17.4. The number of rotatable bonds is 5. The van der Waals surface area contributed by atoms with E-state index in [0.29, 0.717) is 17.7 Å². The van der Waals surface area contributed by atoms with Gasteiger partial charge in [0.05, 0.1) is 0 Å². The molecule has 0 spiro atoms. The van der Waals surface area contributed by atoms with Crippen LogP contribution in [0.25, 0.3) is 21.9 Å². The first-order valence-corrected chi connectivity index (χ1v) is 11.4. The maximum Gasteiger partial charge on any atom is 0.258 e. The number of ether oxygens (including phenoxy) is 1. The van der Waals surface area contributed by atoms with Crippen molar-refractivity contribution in [3.8, 4) is 16.9 Å². The molecule has 0 unspecified atom stereocenters. The third-order valence-corrected chi connectivity index (χ3v) is 6.10. The number of aromatic nitrogens is 1. The maximum absolute atomic E-state index is 12.5. The van der Waals surface area contributed by atoms with Crippen molar-refractivity contribution in [3.05, 3.63) is 94.9 Å². The molecule has 0 aliphatic carbocycles. The second-order valence-electron chi connectivity index (χ2n) is 7.11. The molecule has 1 heterocycles.